The molecule has 0 spiro atoms. The predicted octanol–water partition coefficient (Wildman–Crippen LogP) is 4.01. The second kappa shape index (κ2) is 6.89. The molecule has 1 saturated carbocycles. The Morgan fingerprint density at radius 2 is 2.11 bits per heavy atom. The average Bonchev–Trinajstić information content (AvgIpc) is 2.40. The summed E-state index contributed by atoms with van der Waals surface area (Å²) in [5, 5.41) is 3.62. The minimum Gasteiger partial charge on any atom is -0.309 e. The van der Waals surface area contributed by atoms with E-state index in [2.05, 4.69) is 30.2 Å². The molecule has 0 aliphatic heterocycles. The van der Waals surface area contributed by atoms with Crippen LogP contribution in [-0.4, -0.2) is 11.5 Å². The highest BCUT2D eigenvalue weighted by molar-refractivity contribution is 5.21. The maximum atomic E-state index is 4.60. The first kappa shape index (κ1) is 13.5. The van der Waals surface area contributed by atoms with Crippen molar-refractivity contribution in [3.63, 3.8) is 0 Å². The minimum absolute atomic E-state index is 0.444. The van der Waals surface area contributed by atoms with E-state index < -0.39 is 0 Å². The molecule has 18 heavy (non-hydrogen) atoms. The summed E-state index contributed by atoms with van der Waals surface area (Å²) in [5.74, 6) is 0.893. The molecular formula is C16H26N2. The molecule has 1 atom stereocenters. The largest absolute Gasteiger partial charge is 0.309 e. The van der Waals surface area contributed by atoms with Gasteiger partial charge in [-0.25, -0.2) is 0 Å². The fourth-order valence-electron chi connectivity index (χ4n) is 3.16. The van der Waals surface area contributed by atoms with Gasteiger partial charge in [-0.2, -0.15) is 0 Å². The molecule has 0 radical (unpaired) electrons. The number of rotatable bonds is 5. The van der Waals surface area contributed by atoms with Crippen LogP contribution >= 0.6 is 0 Å². The fourth-order valence-corrected chi connectivity index (χ4v) is 3.16. The Kier molecular flexibility index (Phi) is 5.18. The molecule has 1 aromatic rings. The van der Waals surface area contributed by atoms with E-state index in [4.69, 9.17) is 0 Å². The molecule has 1 heterocycles. The molecule has 0 bridgehead atoms. The van der Waals surface area contributed by atoms with Crippen molar-refractivity contribution in [3.8, 4) is 0 Å². The van der Waals surface area contributed by atoms with Gasteiger partial charge in [-0.15, -0.1) is 0 Å². The summed E-state index contributed by atoms with van der Waals surface area (Å²) in [6, 6.07) is 4.65. The topological polar surface area (TPSA) is 24.9 Å². The standard InChI is InChI=1S/C16H26N2/c1-3-17-15(12-14-9-5-4-6-10-14)16-13(2)8-7-11-18-16/h7-8,11,14-15,17H,3-6,9-10,12H2,1-2H3. The van der Waals surface area contributed by atoms with Crippen molar-refractivity contribution < 1.29 is 0 Å². The highest BCUT2D eigenvalue weighted by Gasteiger charge is 2.21. The SMILES string of the molecule is CCNC(CC1CCCCC1)c1ncccc1C. The van der Waals surface area contributed by atoms with Gasteiger partial charge < -0.3 is 5.32 Å². The Balaban J connectivity index is 2.05. The van der Waals surface area contributed by atoms with Gasteiger partial charge in [0.05, 0.1) is 5.69 Å². The van der Waals surface area contributed by atoms with Crippen LogP contribution in [0.25, 0.3) is 0 Å². The van der Waals surface area contributed by atoms with E-state index in [0.29, 0.717) is 6.04 Å². The third-order valence-electron chi connectivity index (χ3n) is 4.12. The first-order chi connectivity index (χ1) is 8.81. The van der Waals surface area contributed by atoms with Crippen LogP contribution in [0.5, 0.6) is 0 Å². The zero-order valence-electron chi connectivity index (χ0n) is 11.8. The van der Waals surface area contributed by atoms with Gasteiger partial charge in [-0.05, 0) is 37.4 Å². The Hall–Kier alpha value is -0.890. The lowest BCUT2D eigenvalue weighted by atomic mass is 9.83. The van der Waals surface area contributed by atoms with E-state index in [1.165, 1.54) is 49.8 Å². The van der Waals surface area contributed by atoms with Gasteiger partial charge in [0.1, 0.15) is 0 Å². The molecule has 2 heteroatoms. The van der Waals surface area contributed by atoms with Gasteiger partial charge in [0.15, 0.2) is 0 Å². The monoisotopic (exact) mass is 246 g/mol. The van der Waals surface area contributed by atoms with E-state index in [1.807, 2.05) is 12.3 Å². The molecule has 100 valence electrons. The molecule has 1 aromatic heterocycles. The molecule has 0 aromatic carbocycles. The fraction of sp³-hybridized carbons (Fsp3) is 0.688. The number of nitrogens with zero attached hydrogens (tertiary/aromatic N) is 1. The Morgan fingerprint density at radius 1 is 1.33 bits per heavy atom. The van der Waals surface area contributed by atoms with Crippen LogP contribution in [0.3, 0.4) is 0 Å². The number of aromatic nitrogens is 1. The third-order valence-corrected chi connectivity index (χ3v) is 4.12. The summed E-state index contributed by atoms with van der Waals surface area (Å²) >= 11 is 0. The Labute approximate surface area is 111 Å². The number of nitrogens with one attached hydrogen (secondary N) is 1. The summed E-state index contributed by atoms with van der Waals surface area (Å²) in [6.45, 7) is 5.38. The molecule has 0 saturated heterocycles. The van der Waals surface area contributed by atoms with Gasteiger partial charge in [0.2, 0.25) is 0 Å². The van der Waals surface area contributed by atoms with Crippen molar-refractivity contribution in [1.82, 2.24) is 10.3 Å². The average molecular weight is 246 g/mol. The second-order valence-electron chi connectivity index (χ2n) is 5.56. The van der Waals surface area contributed by atoms with E-state index in [1.54, 1.807) is 0 Å². The van der Waals surface area contributed by atoms with Crippen molar-refractivity contribution in [2.45, 2.75) is 58.4 Å². The van der Waals surface area contributed by atoms with Crippen molar-refractivity contribution >= 4 is 0 Å². The highest BCUT2D eigenvalue weighted by atomic mass is 14.9. The molecule has 0 amide bonds. The minimum atomic E-state index is 0.444. The zero-order chi connectivity index (χ0) is 12.8. The van der Waals surface area contributed by atoms with Gasteiger partial charge in [-0.3, -0.25) is 4.98 Å². The van der Waals surface area contributed by atoms with Gasteiger partial charge in [0, 0.05) is 12.2 Å². The Morgan fingerprint density at radius 3 is 2.78 bits per heavy atom. The molecule has 1 aliphatic carbocycles. The summed E-state index contributed by atoms with van der Waals surface area (Å²) in [6.07, 6.45) is 10.3. The van der Waals surface area contributed by atoms with Crippen molar-refractivity contribution in [1.29, 1.82) is 0 Å². The van der Waals surface area contributed by atoms with Gasteiger partial charge >= 0.3 is 0 Å². The summed E-state index contributed by atoms with van der Waals surface area (Å²) in [5.41, 5.74) is 2.57. The van der Waals surface area contributed by atoms with Gasteiger partial charge in [-0.1, -0.05) is 45.1 Å². The Bertz CT molecular complexity index is 356. The predicted molar refractivity (Wildman–Crippen MR) is 76.6 cm³/mol. The smallest absolute Gasteiger partial charge is 0.0602 e. The number of pyridine rings is 1. The zero-order valence-corrected chi connectivity index (χ0v) is 11.8. The van der Waals surface area contributed by atoms with Crippen molar-refractivity contribution in [2.75, 3.05) is 6.54 Å². The lowest BCUT2D eigenvalue weighted by Gasteiger charge is -2.27. The second-order valence-corrected chi connectivity index (χ2v) is 5.56. The number of hydrogen-bond donors (Lipinski definition) is 1. The molecule has 1 aliphatic rings. The lowest BCUT2D eigenvalue weighted by Crippen LogP contribution is -2.25. The first-order valence-corrected chi connectivity index (χ1v) is 7.46. The maximum absolute atomic E-state index is 4.60. The molecule has 2 rings (SSSR count). The summed E-state index contributed by atoms with van der Waals surface area (Å²) in [4.78, 5) is 4.60. The van der Waals surface area contributed by atoms with Crippen LogP contribution in [0.15, 0.2) is 18.3 Å². The van der Waals surface area contributed by atoms with Crippen LogP contribution < -0.4 is 5.32 Å². The van der Waals surface area contributed by atoms with Gasteiger partial charge in [0.25, 0.3) is 0 Å². The highest BCUT2D eigenvalue weighted by Crippen LogP contribution is 2.32. The quantitative estimate of drug-likeness (QED) is 0.849. The van der Waals surface area contributed by atoms with Crippen LogP contribution in [0.2, 0.25) is 0 Å². The molecular weight excluding hydrogens is 220 g/mol. The lowest BCUT2D eigenvalue weighted by molar-refractivity contribution is 0.299. The number of hydrogen-bond acceptors (Lipinski definition) is 2. The summed E-state index contributed by atoms with van der Waals surface area (Å²) in [7, 11) is 0. The van der Waals surface area contributed by atoms with Crippen molar-refractivity contribution in [3.05, 3.63) is 29.6 Å². The van der Waals surface area contributed by atoms with Crippen LogP contribution in [0.4, 0.5) is 0 Å². The molecule has 1 N–H and O–H groups in total. The van der Waals surface area contributed by atoms with E-state index in [9.17, 15) is 0 Å². The van der Waals surface area contributed by atoms with E-state index in [0.717, 1.165) is 12.5 Å². The molecule has 2 nitrogen and oxygen atoms in total. The van der Waals surface area contributed by atoms with Crippen molar-refractivity contribution in [2.24, 2.45) is 5.92 Å². The normalized spacial score (nSPS) is 18.8. The first-order valence-electron chi connectivity index (χ1n) is 7.46. The number of aryl methyl sites for hydroxylation is 1. The maximum Gasteiger partial charge on any atom is 0.0602 e. The van der Waals surface area contributed by atoms with Crippen LogP contribution in [0.1, 0.15) is 62.7 Å². The van der Waals surface area contributed by atoms with Crippen LogP contribution in [0, 0.1) is 12.8 Å². The third kappa shape index (κ3) is 3.55. The molecule has 1 fully saturated rings. The van der Waals surface area contributed by atoms with Crippen LogP contribution in [-0.2, 0) is 0 Å². The van der Waals surface area contributed by atoms with E-state index in [-0.39, 0.29) is 0 Å². The molecule has 1 unspecified atom stereocenters. The van der Waals surface area contributed by atoms with E-state index >= 15 is 0 Å². The summed E-state index contributed by atoms with van der Waals surface area (Å²) < 4.78 is 0.